The number of carbonyl (C=O) groups is 1. The van der Waals surface area contributed by atoms with Crippen molar-refractivity contribution in [2.75, 3.05) is 31.2 Å². The first-order valence-corrected chi connectivity index (χ1v) is 9.89. The highest BCUT2D eigenvalue weighted by atomic mass is 16.5. The molecule has 1 aromatic rings. The molecule has 0 saturated carbocycles. The van der Waals surface area contributed by atoms with E-state index in [-0.39, 0.29) is 0 Å². The fraction of sp³-hybridized carbons (Fsp3) is 0.571. The molecule has 0 atom stereocenters. The molecule has 2 saturated heterocycles. The van der Waals surface area contributed by atoms with Gasteiger partial charge in [-0.3, -0.25) is 9.80 Å². The van der Waals surface area contributed by atoms with Gasteiger partial charge in [-0.2, -0.15) is 0 Å². The molecule has 0 aliphatic carbocycles. The normalized spacial score (nSPS) is 22.0. The van der Waals surface area contributed by atoms with Crippen LogP contribution in [0.1, 0.15) is 38.7 Å². The van der Waals surface area contributed by atoms with Crippen LogP contribution in [0.25, 0.3) is 0 Å². The van der Waals surface area contributed by atoms with Crippen LogP contribution in [0.5, 0.6) is 5.75 Å². The number of hydrogen-bond acceptors (Lipinski definition) is 5. The topological polar surface area (TPSA) is 36.0 Å². The van der Waals surface area contributed by atoms with Crippen molar-refractivity contribution in [2.24, 2.45) is 0 Å². The highest BCUT2D eigenvalue weighted by Gasteiger charge is 2.29. The molecule has 5 heteroatoms. The molecular weight excluding hydrogens is 326 g/mol. The summed E-state index contributed by atoms with van der Waals surface area (Å²) in [5, 5.41) is 4.32. The molecule has 0 unspecified atom stereocenters. The van der Waals surface area contributed by atoms with Crippen molar-refractivity contribution < 1.29 is 9.53 Å². The predicted octanol–water partition coefficient (Wildman–Crippen LogP) is 3.00. The molecule has 140 valence electrons. The van der Waals surface area contributed by atoms with Crippen molar-refractivity contribution in [2.45, 2.75) is 51.7 Å². The van der Waals surface area contributed by atoms with E-state index in [0.29, 0.717) is 12.1 Å². The van der Waals surface area contributed by atoms with Crippen LogP contribution in [0.15, 0.2) is 30.0 Å². The Bertz CT molecular complexity index is 688. The van der Waals surface area contributed by atoms with E-state index >= 15 is 0 Å². The second-order valence-electron chi connectivity index (χ2n) is 7.81. The molecule has 0 spiro atoms. The molecular formula is C21H29N3O2. The Kier molecular flexibility index (Phi) is 5.00. The standard InChI is InChI=1S/C21H29N3O2/c1-16(2)22-12-8-19(9-13-22)26-20-6-7-21-17(14-20)4-5-18(15-25)24(21)23-10-3-11-23/h5-7,14-16,19H,3-4,8-13H2,1-2H3. The van der Waals surface area contributed by atoms with Gasteiger partial charge in [-0.1, -0.05) is 6.08 Å². The lowest BCUT2D eigenvalue weighted by Gasteiger charge is -2.44. The third-order valence-corrected chi connectivity index (χ3v) is 5.80. The summed E-state index contributed by atoms with van der Waals surface area (Å²) in [6.07, 6.45) is 7.45. The van der Waals surface area contributed by atoms with Crippen LogP contribution in [0.4, 0.5) is 5.69 Å². The lowest BCUT2D eigenvalue weighted by Crippen LogP contribution is -2.51. The number of nitrogens with zero attached hydrogens (tertiary/aromatic N) is 3. The van der Waals surface area contributed by atoms with Crippen molar-refractivity contribution >= 4 is 12.0 Å². The Hall–Kier alpha value is -1.85. The van der Waals surface area contributed by atoms with Gasteiger partial charge in [-0.05, 0) is 63.3 Å². The van der Waals surface area contributed by atoms with Gasteiger partial charge in [0.2, 0.25) is 0 Å². The fourth-order valence-electron chi connectivity index (χ4n) is 4.06. The highest BCUT2D eigenvalue weighted by Crippen LogP contribution is 2.35. The van der Waals surface area contributed by atoms with Crippen molar-refractivity contribution in [1.29, 1.82) is 0 Å². The smallest absolute Gasteiger partial charge is 0.167 e. The number of aldehydes is 1. The molecule has 0 bridgehead atoms. The number of anilines is 1. The molecule has 2 fully saturated rings. The first-order chi connectivity index (χ1) is 12.7. The Morgan fingerprint density at radius 2 is 1.92 bits per heavy atom. The Balaban J connectivity index is 1.46. The van der Waals surface area contributed by atoms with Gasteiger partial charge in [-0.15, -0.1) is 0 Å². The highest BCUT2D eigenvalue weighted by molar-refractivity contribution is 5.82. The van der Waals surface area contributed by atoms with Gasteiger partial charge >= 0.3 is 0 Å². The van der Waals surface area contributed by atoms with E-state index in [9.17, 15) is 4.79 Å². The second kappa shape index (κ2) is 7.41. The first-order valence-electron chi connectivity index (χ1n) is 9.89. The zero-order valence-corrected chi connectivity index (χ0v) is 15.9. The summed E-state index contributed by atoms with van der Waals surface area (Å²) in [5.74, 6) is 0.957. The molecule has 5 nitrogen and oxygen atoms in total. The number of benzene rings is 1. The van der Waals surface area contributed by atoms with Crippen LogP contribution in [-0.2, 0) is 11.2 Å². The fourth-order valence-corrected chi connectivity index (χ4v) is 4.06. The molecule has 0 radical (unpaired) electrons. The van der Waals surface area contributed by atoms with E-state index < -0.39 is 0 Å². The number of piperidine rings is 1. The maximum atomic E-state index is 11.5. The van der Waals surface area contributed by atoms with E-state index in [1.807, 2.05) is 6.08 Å². The third-order valence-electron chi connectivity index (χ3n) is 5.80. The molecule has 26 heavy (non-hydrogen) atoms. The predicted molar refractivity (Wildman–Crippen MR) is 103 cm³/mol. The number of ether oxygens (including phenoxy) is 1. The number of allylic oxidation sites excluding steroid dienone is 2. The number of hydrazine groups is 1. The number of carbonyl (C=O) groups excluding carboxylic acids is 1. The summed E-state index contributed by atoms with van der Waals surface area (Å²) in [6.45, 7) is 8.77. The number of fused-ring (bicyclic) bond motifs is 1. The van der Waals surface area contributed by atoms with Crippen LogP contribution < -0.4 is 9.75 Å². The summed E-state index contributed by atoms with van der Waals surface area (Å²) >= 11 is 0. The largest absolute Gasteiger partial charge is 0.490 e. The van der Waals surface area contributed by atoms with Crippen molar-refractivity contribution in [3.05, 3.63) is 35.5 Å². The molecule has 0 amide bonds. The van der Waals surface area contributed by atoms with Gasteiger partial charge < -0.3 is 9.64 Å². The van der Waals surface area contributed by atoms with Crippen LogP contribution in [-0.4, -0.2) is 54.5 Å². The molecule has 3 heterocycles. The third kappa shape index (κ3) is 3.38. The van der Waals surface area contributed by atoms with Gasteiger partial charge in [0.25, 0.3) is 0 Å². The van der Waals surface area contributed by atoms with E-state index in [1.54, 1.807) is 0 Å². The number of rotatable bonds is 5. The Labute approximate surface area is 156 Å². The van der Waals surface area contributed by atoms with Crippen LogP contribution in [0, 0.1) is 0 Å². The van der Waals surface area contributed by atoms with Crippen LogP contribution in [0.2, 0.25) is 0 Å². The van der Waals surface area contributed by atoms with Gasteiger partial charge in [0.1, 0.15) is 11.9 Å². The van der Waals surface area contributed by atoms with Gasteiger partial charge in [0, 0.05) is 32.2 Å². The molecule has 0 aromatic heterocycles. The van der Waals surface area contributed by atoms with Gasteiger partial charge in [-0.25, -0.2) is 5.01 Å². The minimum absolute atomic E-state index is 0.305. The minimum Gasteiger partial charge on any atom is -0.490 e. The molecule has 3 aliphatic rings. The molecule has 3 aliphatic heterocycles. The maximum Gasteiger partial charge on any atom is 0.167 e. The van der Waals surface area contributed by atoms with Crippen molar-refractivity contribution in [3.63, 3.8) is 0 Å². The summed E-state index contributed by atoms with van der Waals surface area (Å²) < 4.78 is 6.29. The van der Waals surface area contributed by atoms with E-state index in [4.69, 9.17) is 4.74 Å². The van der Waals surface area contributed by atoms with Crippen LogP contribution >= 0.6 is 0 Å². The summed E-state index contributed by atoms with van der Waals surface area (Å²) in [5.41, 5.74) is 3.11. The number of likely N-dealkylation sites (tertiary alicyclic amines) is 1. The zero-order chi connectivity index (χ0) is 18.1. The van der Waals surface area contributed by atoms with Crippen LogP contribution in [0.3, 0.4) is 0 Å². The Morgan fingerprint density at radius 1 is 1.15 bits per heavy atom. The Morgan fingerprint density at radius 3 is 2.54 bits per heavy atom. The van der Waals surface area contributed by atoms with E-state index in [2.05, 4.69) is 47.0 Å². The molecule has 1 aromatic carbocycles. The van der Waals surface area contributed by atoms with Crippen molar-refractivity contribution in [3.8, 4) is 5.75 Å². The lowest BCUT2D eigenvalue weighted by molar-refractivity contribution is -0.105. The first kappa shape index (κ1) is 17.6. The summed E-state index contributed by atoms with van der Waals surface area (Å²) in [4.78, 5) is 14.0. The van der Waals surface area contributed by atoms with E-state index in [0.717, 1.165) is 68.9 Å². The number of hydrogen-bond donors (Lipinski definition) is 0. The lowest BCUT2D eigenvalue weighted by atomic mass is 10.0. The van der Waals surface area contributed by atoms with Gasteiger partial charge in [0.05, 0.1) is 11.4 Å². The van der Waals surface area contributed by atoms with E-state index in [1.165, 1.54) is 12.0 Å². The minimum atomic E-state index is 0.305. The average molecular weight is 355 g/mol. The SMILES string of the molecule is CC(C)N1CCC(Oc2ccc3c(c2)CC=C(C=O)N3N2CCC2)CC1. The monoisotopic (exact) mass is 355 g/mol. The summed E-state index contributed by atoms with van der Waals surface area (Å²) in [6, 6.07) is 6.96. The zero-order valence-electron chi connectivity index (χ0n) is 15.9. The van der Waals surface area contributed by atoms with Gasteiger partial charge in [0.15, 0.2) is 6.29 Å². The molecule has 4 rings (SSSR count). The summed E-state index contributed by atoms with van der Waals surface area (Å²) in [7, 11) is 0. The maximum absolute atomic E-state index is 11.5. The second-order valence-corrected chi connectivity index (χ2v) is 7.81. The average Bonchev–Trinajstić information content (AvgIpc) is 2.61. The van der Waals surface area contributed by atoms with Crippen molar-refractivity contribution in [1.82, 2.24) is 9.91 Å². The molecule has 0 N–H and O–H groups in total. The quantitative estimate of drug-likeness (QED) is 0.759.